The topological polar surface area (TPSA) is 34.2 Å². The van der Waals surface area contributed by atoms with Crippen LogP contribution in [-0.4, -0.2) is 35.6 Å². The van der Waals surface area contributed by atoms with Gasteiger partial charge in [0.1, 0.15) is 53.2 Å². The van der Waals surface area contributed by atoms with Crippen molar-refractivity contribution < 1.29 is 40.6 Å². The summed E-state index contributed by atoms with van der Waals surface area (Å²) in [5, 5.41) is 0. The molecule has 640 valence electrons. The number of anilines is 2. The minimum absolute atomic E-state index is 0.0711. The summed E-state index contributed by atoms with van der Waals surface area (Å²) >= 11 is 0. The third kappa shape index (κ3) is 15.0. The fraction of sp³-hybridized carbons (Fsp3) is 0.386. The molecule has 0 saturated carbocycles. The number of hydrogen-bond donors (Lipinski definition) is 0. The molecule has 21 rings (SSSR count). The molecule has 1 aliphatic heterocycles. The Bertz CT molecular complexity index is 5770. The number of nitrogens with zero attached hydrogens (tertiary/aromatic N) is 2. The molecule has 0 saturated heterocycles. The summed E-state index contributed by atoms with van der Waals surface area (Å²) in [6, 6.07) is 27.0. The average Bonchev–Trinajstić information content (AvgIpc) is 1.55. The molecular weight excluding hydrogens is 1560 g/mol. The maximum Gasteiger partial charge on any atom is 0.147 e. The molecule has 125 heavy (non-hydrogen) atoms. The van der Waals surface area contributed by atoms with Gasteiger partial charge in [0.2, 0.25) is 0 Å². The van der Waals surface area contributed by atoms with Crippen molar-refractivity contribution in [3.05, 3.63) is 391 Å². The second kappa shape index (κ2) is 34.4. The van der Waals surface area contributed by atoms with Crippen molar-refractivity contribution in [2.24, 2.45) is 29.6 Å². The van der Waals surface area contributed by atoms with Gasteiger partial charge in [0.05, 0.1) is 29.4 Å². The van der Waals surface area contributed by atoms with Crippen LogP contribution in [0.1, 0.15) is 232 Å². The van der Waals surface area contributed by atoms with Gasteiger partial charge in [-0.2, -0.15) is 0 Å². The van der Waals surface area contributed by atoms with Crippen LogP contribution in [0, 0.1) is 41.2 Å². The van der Waals surface area contributed by atoms with E-state index in [0.29, 0.717) is 72.2 Å². The zero-order valence-corrected chi connectivity index (χ0v) is 71.8. The number of alkyl halides is 2. The standard InChI is InChI=1S/C114H114F6N2O3/c1-3-71-23-51-89(52-24-71)123-91-55-37-81(38-56-91)113(79-15-7-5-8-16-79)101-21-13-11-19-93(101)95-59-35-77(63-103(95)113)73-31-45-85(46-32-73)121(109-69-105(117)99(67-107(109)119)75-27-41-83(115)42-28-75)87-49-61-97-98-62-50-88(66-112(98)125-111(97)65-87)122(110-70-106(118)100(68-108(110)120)76-29-43-84(116)44-30-76)86-47-33-74(34-48-86)78-36-60-96-94-20-12-14-22-102(94)114(104(96)64-78,80-17-9-6-10-18-80)82-39-57-92(58-40-82)124-90-53-25-72(4-2)26-54-90/h3-5,7,9,12-15,17-18,20-23,25,29,31,37-39,41,45,47,49-51,55-57,61-67,69-70,74-75,82,84,90,92-93,96,98,101,104,108,112H,1-2,6,8,10-11,16,19,24,26-28,30,32-36,40,42-44,46,48,52-54,58-60,68H2. The van der Waals surface area contributed by atoms with Crippen LogP contribution in [0.2, 0.25) is 0 Å². The first-order valence-corrected chi connectivity index (χ1v) is 47.2. The van der Waals surface area contributed by atoms with Crippen LogP contribution in [-0.2, 0) is 15.6 Å². The number of allylic oxidation sites excluding steroid dienone is 39. The SMILES string of the molecule is C=CC1=CC=C(Oc2ccc(C3(C4=CC=CCC4)C4=C(CCC(C5=CC=C(N(c6ccc7c(c6)OC6C=C(N(C8=CCC(C9=CC%10C(CC9)c9ccccc9C%10(C9=CCCC=C9)C9C=CC(OC%10CC=C(C=C)CC%10)CC9)CC8)C8=CC(F)=C(C9=CCC(F)CC9)CC8F)C=CC76)c6cc(F)c(C7CC=C(F)CC7)cc6F)CC5)=C4)C4CCC=CC43)cc2)CC1. The normalized spacial score (nSPS) is 31.4. The Kier molecular flexibility index (Phi) is 22.5. The van der Waals surface area contributed by atoms with Gasteiger partial charge >= 0.3 is 0 Å². The predicted molar refractivity (Wildman–Crippen MR) is 492 cm³/mol. The summed E-state index contributed by atoms with van der Waals surface area (Å²) in [6.07, 6.45) is 76.3. The third-order valence-corrected chi connectivity index (χ3v) is 31.6. The van der Waals surface area contributed by atoms with E-state index < -0.39 is 35.9 Å². The molecule has 5 nitrogen and oxygen atoms in total. The molecule has 11 heteroatoms. The molecule has 0 aromatic heterocycles. The van der Waals surface area contributed by atoms with E-state index in [-0.39, 0.29) is 113 Å². The van der Waals surface area contributed by atoms with Crippen LogP contribution in [0.25, 0.3) is 0 Å². The molecule has 0 bridgehead atoms. The Hall–Kier alpha value is -10.4. The van der Waals surface area contributed by atoms with Gasteiger partial charge in [-0.3, -0.25) is 0 Å². The number of hydrogen-bond acceptors (Lipinski definition) is 5. The van der Waals surface area contributed by atoms with Gasteiger partial charge in [-0.1, -0.05) is 206 Å². The van der Waals surface area contributed by atoms with Crippen molar-refractivity contribution in [1.82, 2.24) is 4.90 Å². The first-order chi connectivity index (χ1) is 61.2. The predicted octanol–water partition coefficient (Wildman–Crippen LogP) is 30.1. The minimum Gasteiger partial charge on any atom is -0.485 e. The summed E-state index contributed by atoms with van der Waals surface area (Å²) in [6.45, 7) is 8.01. The van der Waals surface area contributed by atoms with Crippen molar-refractivity contribution in [3.8, 4) is 11.5 Å². The van der Waals surface area contributed by atoms with Gasteiger partial charge in [0.25, 0.3) is 0 Å². The zero-order valence-electron chi connectivity index (χ0n) is 71.8. The van der Waals surface area contributed by atoms with Gasteiger partial charge in [-0.05, 0) is 325 Å². The highest BCUT2D eigenvalue weighted by atomic mass is 19.2. The van der Waals surface area contributed by atoms with Gasteiger partial charge in [0, 0.05) is 76.0 Å². The monoisotopic (exact) mass is 1670 g/mol. The molecule has 0 spiro atoms. The van der Waals surface area contributed by atoms with E-state index in [1.54, 1.807) is 11.6 Å². The quantitative estimate of drug-likeness (QED) is 0.0651. The van der Waals surface area contributed by atoms with Crippen LogP contribution in [0.4, 0.5) is 37.7 Å². The van der Waals surface area contributed by atoms with E-state index in [2.05, 4.69) is 183 Å². The Morgan fingerprint density at radius 1 is 0.552 bits per heavy atom. The van der Waals surface area contributed by atoms with Crippen molar-refractivity contribution in [2.45, 2.75) is 245 Å². The highest BCUT2D eigenvalue weighted by molar-refractivity contribution is 5.74. The molecule has 0 N–H and O–H groups in total. The van der Waals surface area contributed by atoms with Gasteiger partial charge in [0.15, 0.2) is 0 Å². The van der Waals surface area contributed by atoms with E-state index >= 15 is 17.6 Å². The number of rotatable bonds is 20. The first kappa shape index (κ1) is 81.7. The van der Waals surface area contributed by atoms with Gasteiger partial charge < -0.3 is 24.0 Å². The van der Waals surface area contributed by atoms with Crippen molar-refractivity contribution in [2.75, 3.05) is 4.90 Å². The van der Waals surface area contributed by atoms with Gasteiger partial charge in [-0.25, -0.2) is 26.3 Å². The number of halogens is 6. The number of fused-ring (bicyclic) bond motifs is 8. The second-order valence-electron chi connectivity index (χ2n) is 38.1. The maximum atomic E-state index is 17.9. The Morgan fingerprint density at radius 3 is 2.19 bits per heavy atom. The molecule has 17 aliphatic rings. The molecular formula is C114H114F6N2O3. The first-order valence-electron chi connectivity index (χ1n) is 47.2. The van der Waals surface area contributed by atoms with E-state index in [0.717, 1.165) is 150 Å². The van der Waals surface area contributed by atoms with E-state index in [1.165, 1.54) is 85.6 Å². The lowest BCUT2D eigenvalue weighted by Crippen LogP contribution is -2.43. The summed E-state index contributed by atoms with van der Waals surface area (Å²) in [5.74, 6) is 1.75. The Labute approximate surface area is 734 Å². The zero-order chi connectivity index (χ0) is 84.6. The highest BCUT2D eigenvalue weighted by Crippen LogP contribution is 2.67. The highest BCUT2D eigenvalue weighted by Gasteiger charge is 2.59. The molecule has 4 aromatic rings. The molecule has 0 fully saturated rings. The molecule has 1 heterocycles. The molecule has 0 radical (unpaired) electrons. The Morgan fingerprint density at radius 2 is 1.43 bits per heavy atom. The van der Waals surface area contributed by atoms with Crippen molar-refractivity contribution in [3.63, 3.8) is 0 Å². The lowest BCUT2D eigenvalue weighted by molar-refractivity contribution is -0.00285. The molecule has 15 unspecified atom stereocenters. The number of ether oxygens (including phenoxy) is 3. The van der Waals surface area contributed by atoms with Crippen molar-refractivity contribution >= 4 is 11.4 Å². The average molecular weight is 1670 g/mol. The summed E-state index contributed by atoms with van der Waals surface area (Å²) in [7, 11) is 0. The van der Waals surface area contributed by atoms with Crippen LogP contribution in [0.15, 0.2) is 352 Å². The molecule has 4 aromatic carbocycles. The molecule has 15 atom stereocenters. The van der Waals surface area contributed by atoms with Crippen LogP contribution >= 0.6 is 0 Å². The minimum atomic E-state index is -1.56. The fourth-order valence-electron chi connectivity index (χ4n) is 25.4. The lowest BCUT2D eigenvalue weighted by atomic mass is 9.56. The van der Waals surface area contributed by atoms with E-state index in [4.69, 9.17) is 14.2 Å². The smallest absolute Gasteiger partial charge is 0.147 e. The largest absolute Gasteiger partial charge is 0.485 e. The van der Waals surface area contributed by atoms with Crippen molar-refractivity contribution in [1.29, 1.82) is 0 Å². The summed E-state index contributed by atoms with van der Waals surface area (Å²) in [5.41, 5.74) is 21.5. The second-order valence-corrected chi connectivity index (χ2v) is 38.1. The third-order valence-electron chi connectivity index (χ3n) is 31.6. The fourth-order valence-corrected chi connectivity index (χ4v) is 25.4. The molecule has 0 amide bonds. The van der Waals surface area contributed by atoms with Gasteiger partial charge in [-0.15, -0.1) is 0 Å². The van der Waals surface area contributed by atoms with Crippen LogP contribution in [0.5, 0.6) is 11.5 Å². The van der Waals surface area contributed by atoms with E-state index in [9.17, 15) is 8.78 Å². The van der Waals surface area contributed by atoms with E-state index in [1.807, 2.05) is 46.2 Å². The summed E-state index contributed by atoms with van der Waals surface area (Å²) < 4.78 is 120. The summed E-state index contributed by atoms with van der Waals surface area (Å²) in [4.78, 5) is 3.85. The Balaban J connectivity index is 0.598. The number of benzene rings is 4. The maximum absolute atomic E-state index is 17.9. The van der Waals surface area contributed by atoms with Crippen LogP contribution < -0.4 is 14.4 Å². The lowest BCUT2D eigenvalue weighted by Gasteiger charge is -2.47. The van der Waals surface area contributed by atoms with Crippen LogP contribution in [0.3, 0.4) is 0 Å². The molecule has 16 aliphatic carbocycles.